The number of piperazine rings is 1. The third-order valence-corrected chi connectivity index (χ3v) is 5.73. The lowest BCUT2D eigenvalue weighted by atomic mass is 9.85. The Labute approximate surface area is 154 Å². The summed E-state index contributed by atoms with van der Waals surface area (Å²) in [6, 6.07) is 14.8. The molecule has 2 atom stereocenters. The van der Waals surface area contributed by atoms with Gasteiger partial charge in [-0.2, -0.15) is 0 Å². The van der Waals surface area contributed by atoms with Crippen molar-refractivity contribution in [1.82, 2.24) is 9.80 Å². The molecule has 5 rings (SSSR count). The molecule has 0 amide bonds. The summed E-state index contributed by atoms with van der Waals surface area (Å²) >= 11 is 0. The molecule has 2 aromatic carbocycles. The Bertz CT molecular complexity index is 787. The first-order valence-electron chi connectivity index (χ1n) is 9.35. The van der Waals surface area contributed by atoms with Crippen LogP contribution in [0.3, 0.4) is 0 Å². The van der Waals surface area contributed by atoms with Crippen LogP contribution in [0.4, 0.5) is 0 Å². The first-order valence-corrected chi connectivity index (χ1v) is 9.35. The summed E-state index contributed by atoms with van der Waals surface area (Å²) in [6.45, 7) is 4.55. The van der Waals surface area contributed by atoms with Gasteiger partial charge in [-0.05, 0) is 18.7 Å². The van der Waals surface area contributed by atoms with Crippen molar-refractivity contribution in [3.05, 3.63) is 53.6 Å². The predicted octanol–water partition coefficient (Wildman–Crippen LogP) is 2.90. The predicted molar refractivity (Wildman–Crippen MR) is 99.0 cm³/mol. The van der Waals surface area contributed by atoms with Crippen LogP contribution in [0.2, 0.25) is 0 Å². The second-order valence-corrected chi connectivity index (χ2v) is 7.35. The van der Waals surface area contributed by atoms with Crippen LogP contribution in [0.1, 0.15) is 23.5 Å². The summed E-state index contributed by atoms with van der Waals surface area (Å²) < 4.78 is 17.6. The quantitative estimate of drug-likeness (QED) is 0.830. The second-order valence-electron chi connectivity index (χ2n) is 7.35. The standard InChI is InChI=1S/C21H24N2O3/c1-22-7-9-23(10-8-22)21-12-16(15-5-3-2-4-6-15)17-11-19-20(25-14-24-19)13-18(17)26-21/h2-6,11,13,16,21H,7-10,12,14H2,1H3/t16-,21-/m0/s1. The number of likely N-dealkylation sites (N-methyl/N-ethyl adjacent to an activating group) is 1. The Morgan fingerprint density at radius 3 is 2.38 bits per heavy atom. The highest BCUT2D eigenvalue weighted by molar-refractivity contribution is 5.55. The minimum Gasteiger partial charge on any atom is -0.475 e. The lowest BCUT2D eigenvalue weighted by Crippen LogP contribution is -2.52. The maximum Gasteiger partial charge on any atom is 0.231 e. The fraction of sp³-hybridized carbons (Fsp3) is 0.429. The summed E-state index contributed by atoms with van der Waals surface area (Å²) in [7, 11) is 2.18. The summed E-state index contributed by atoms with van der Waals surface area (Å²) in [5.41, 5.74) is 2.53. The van der Waals surface area contributed by atoms with Gasteiger partial charge in [0.05, 0.1) is 0 Å². The largest absolute Gasteiger partial charge is 0.475 e. The molecular formula is C21H24N2O3. The van der Waals surface area contributed by atoms with E-state index in [4.69, 9.17) is 14.2 Å². The summed E-state index contributed by atoms with van der Waals surface area (Å²) in [5, 5.41) is 0. The zero-order chi connectivity index (χ0) is 17.5. The van der Waals surface area contributed by atoms with E-state index in [1.807, 2.05) is 6.07 Å². The van der Waals surface area contributed by atoms with E-state index in [9.17, 15) is 0 Å². The number of ether oxygens (including phenoxy) is 3. The monoisotopic (exact) mass is 352 g/mol. The Hall–Kier alpha value is -2.24. The van der Waals surface area contributed by atoms with E-state index in [1.54, 1.807) is 0 Å². The molecule has 2 aromatic rings. The molecular weight excluding hydrogens is 328 g/mol. The fourth-order valence-electron chi connectivity index (χ4n) is 4.17. The van der Waals surface area contributed by atoms with Gasteiger partial charge in [0, 0.05) is 50.1 Å². The van der Waals surface area contributed by atoms with Gasteiger partial charge < -0.3 is 19.1 Å². The van der Waals surface area contributed by atoms with Crippen LogP contribution in [0.5, 0.6) is 17.2 Å². The van der Waals surface area contributed by atoms with Crippen molar-refractivity contribution in [2.75, 3.05) is 40.0 Å². The zero-order valence-corrected chi connectivity index (χ0v) is 15.1. The van der Waals surface area contributed by atoms with Crippen molar-refractivity contribution < 1.29 is 14.2 Å². The summed E-state index contributed by atoms with van der Waals surface area (Å²) in [4.78, 5) is 4.85. The van der Waals surface area contributed by atoms with Gasteiger partial charge >= 0.3 is 0 Å². The van der Waals surface area contributed by atoms with Crippen molar-refractivity contribution in [1.29, 1.82) is 0 Å². The highest BCUT2D eigenvalue weighted by Crippen LogP contribution is 2.47. The molecule has 0 saturated carbocycles. The van der Waals surface area contributed by atoms with Crippen molar-refractivity contribution >= 4 is 0 Å². The number of benzene rings is 2. The highest BCUT2D eigenvalue weighted by atomic mass is 16.7. The molecule has 0 bridgehead atoms. The number of hydrogen-bond donors (Lipinski definition) is 0. The Morgan fingerprint density at radius 1 is 0.885 bits per heavy atom. The van der Waals surface area contributed by atoms with Crippen LogP contribution in [-0.4, -0.2) is 56.0 Å². The van der Waals surface area contributed by atoms with Crippen LogP contribution in [-0.2, 0) is 0 Å². The minimum absolute atomic E-state index is 0.0989. The van der Waals surface area contributed by atoms with Crippen molar-refractivity contribution in [3.63, 3.8) is 0 Å². The fourth-order valence-corrected chi connectivity index (χ4v) is 4.17. The molecule has 0 aromatic heterocycles. The number of nitrogens with zero attached hydrogens (tertiary/aromatic N) is 2. The van der Waals surface area contributed by atoms with Gasteiger partial charge in [0.25, 0.3) is 0 Å². The molecule has 136 valence electrons. The van der Waals surface area contributed by atoms with Gasteiger partial charge in [-0.25, -0.2) is 0 Å². The van der Waals surface area contributed by atoms with Crippen LogP contribution in [0.25, 0.3) is 0 Å². The van der Waals surface area contributed by atoms with Gasteiger partial charge in [0.15, 0.2) is 17.7 Å². The number of fused-ring (bicyclic) bond motifs is 2. The lowest BCUT2D eigenvalue weighted by Gasteiger charge is -2.42. The van der Waals surface area contributed by atoms with Gasteiger partial charge in [-0.15, -0.1) is 0 Å². The van der Waals surface area contributed by atoms with Gasteiger partial charge in [0.2, 0.25) is 6.79 Å². The number of hydrogen-bond acceptors (Lipinski definition) is 5. The molecule has 3 aliphatic rings. The van der Waals surface area contributed by atoms with Crippen LogP contribution in [0, 0.1) is 0 Å². The van der Waals surface area contributed by atoms with Gasteiger partial charge in [-0.3, -0.25) is 4.90 Å². The van der Waals surface area contributed by atoms with E-state index in [0.717, 1.165) is 49.8 Å². The molecule has 1 fully saturated rings. The molecule has 5 nitrogen and oxygen atoms in total. The maximum atomic E-state index is 6.46. The number of rotatable bonds is 2. The summed E-state index contributed by atoms with van der Waals surface area (Å²) in [6.07, 6.45) is 1.06. The van der Waals surface area contributed by atoms with E-state index in [-0.39, 0.29) is 13.0 Å². The minimum atomic E-state index is 0.0989. The average molecular weight is 352 g/mol. The molecule has 3 heterocycles. The lowest BCUT2D eigenvalue weighted by molar-refractivity contribution is -0.0190. The van der Waals surface area contributed by atoms with Crippen LogP contribution in [0.15, 0.2) is 42.5 Å². The molecule has 5 heteroatoms. The topological polar surface area (TPSA) is 34.2 Å². The maximum absolute atomic E-state index is 6.46. The van der Waals surface area contributed by atoms with Crippen LogP contribution >= 0.6 is 0 Å². The van der Waals surface area contributed by atoms with Crippen molar-refractivity contribution in [3.8, 4) is 17.2 Å². The molecule has 26 heavy (non-hydrogen) atoms. The average Bonchev–Trinajstić information content (AvgIpc) is 3.14. The Kier molecular flexibility index (Phi) is 3.98. The van der Waals surface area contributed by atoms with Crippen molar-refractivity contribution in [2.45, 2.75) is 18.6 Å². The molecule has 0 unspecified atom stereocenters. The highest BCUT2D eigenvalue weighted by Gasteiger charge is 2.35. The van der Waals surface area contributed by atoms with E-state index >= 15 is 0 Å². The van der Waals surface area contributed by atoms with Gasteiger partial charge in [-0.1, -0.05) is 30.3 Å². The van der Waals surface area contributed by atoms with E-state index < -0.39 is 0 Å². The van der Waals surface area contributed by atoms with E-state index in [1.165, 1.54) is 11.1 Å². The normalized spacial score (nSPS) is 25.6. The molecule has 0 spiro atoms. The third-order valence-electron chi connectivity index (χ3n) is 5.73. The van der Waals surface area contributed by atoms with E-state index in [2.05, 4.69) is 53.2 Å². The summed E-state index contributed by atoms with van der Waals surface area (Å²) in [5.74, 6) is 2.85. The molecule has 1 saturated heterocycles. The molecule has 0 radical (unpaired) electrons. The van der Waals surface area contributed by atoms with Crippen LogP contribution < -0.4 is 14.2 Å². The SMILES string of the molecule is CN1CCN([C@@H]2C[C@@H](c3ccccc3)c3cc4c(cc3O2)OCO4)CC1. The zero-order valence-electron chi connectivity index (χ0n) is 15.1. The Morgan fingerprint density at radius 2 is 1.62 bits per heavy atom. The molecule has 3 aliphatic heterocycles. The molecule has 0 N–H and O–H groups in total. The molecule has 0 aliphatic carbocycles. The van der Waals surface area contributed by atoms with Gasteiger partial charge in [0.1, 0.15) is 5.75 Å². The first kappa shape index (κ1) is 16.0. The third kappa shape index (κ3) is 2.81. The first-order chi connectivity index (χ1) is 12.8. The second kappa shape index (κ2) is 6.49. The Balaban J connectivity index is 1.51. The van der Waals surface area contributed by atoms with E-state index in [0.29, 0.717) is 5.92 Å². The van der Waals surface area contributed by atoms with Crippen molar-refractivity contribution in [2.24, 2.45) is 0 Å². The smallest absolute Gasteiger partial charge is 0.231 e.